The first kappa shape index (κ1) is 14.6. The Balaban J connectivity index is 0.000000361. The van der Waals surface area contributed by atoms with Crippen LogP contribution in [0.3, 0.4) is 0 Å². The van der Waals surface area contributed by atoms with Gasteiger partial charge in [-0.1, -0.05) is 18.2 Å². The molecule has 0 unspecified atom stereocenters. The Hall–Kier alpha value is -2.76. The summed E-state index contributed by atoms with van der Waals surface area (Å²) in [5.41, 5.74) is 1.34. The number of carbonyl (C=O) groups excluding carboxylic acids is 2. The van der Waals surface area contributed by atoms with E-state index in [1.165, 1.54) is 25.3 Å². The summed E-state index contributed by atoms with van der Waals surface area (Å²) in [7, 11) is 0. The number of aromatic nitrogens is 3. The molecule has 0 aliphatic rings. The van der Waals surface area contributed by atoms with Crippen LogP contribution in [0.2, 0.25) is 0 Å². The van der Waals surface area contributed by atoms with Gasteiger partial charge in [0.05, 0.1) is 11.0 Å². The lowest BCUT2D eigenvalue weighted by Gasteiger charge is -1.98. The highest BCUT2D eigenvalue weighted by molar-refractivity contribution is 5.98. The fourth-order valence-electron chi connectivity index (χ4n) is 1.88. The molecule has 0 fully saturated rings. The average Bonchev–Trinajstić information content (AvgIpc) is 2.84. The average molecular weight is 285 g/mol. The zero-order chi connectivity index (χ0) is 15.6. The zero-order valence-corrected chi connectivity index (χ0v) is 12.0. The number of rotatable bonds is 1. The molecule has 6 nitrogen and oxygen atoms in total. The fraction of sp³-hybridized carbons (Fsp3) is 0.200. The monoisotopic (exact) mass is 285 g/mol. The summed E-state index contributed by atoms with van der Waals surface area (Å²) in [6.45, 7) is 4.48. The topological polar surface area (TPSA) is 84.3 Å². The lowest BCUT2D eigenvalue weighted by atomic mass is 10.2. The van der Waals surface area contributed by atoms with Gasteiger partial charge < -0.3 is 9.78 Å². The summed E-state index contributed by atoms with van der Waals surface area (Å²) < 4.78 is 1.22. The molecular formula is C15H15N3O3. The summed E-state index contributed by atoms with van der Waals surface area (Å²) in [6, 6.07) is 9.06. The molecule has 108 valence electrons. The van der Waals surface area contributed by atoms with Crippen molar-refractivity contribution in [1.29, 1.82) is 0 Å². The molecule has 0 bridgehead atoms. The van der Waals surface area contributed by atoms with Gasteiger partial charge in [-0.2, -0.15) is 9.61 Å². The molecule has 2 aromatic heterocycles. The van der Waals surface area contributed by atoms with Crippen molar-refractivity contribution in [2.45, 2.75) is 20.8 Å². The van der Waals surface area contributed by atoms with Gasteiger partial charge in [0.15, 0.2) is 5.78 Å². The van der Waals surface area contributed by atoms with Crippen molar-refractivity contribution in [3.05, 3.63) is 46.5 Å². The van der Waals surface area contributed by atoms with E-state index >= 15 is 0 Å². The number of ketones is 2. The van der Waals surface area contributed by atoms with Crippen LogP contribution >= 0.6 is 0 Å². The molecule has 2 heterocycles. The second-order valence-electron chi connectivity index (χ2n) is 4.77. The van der Waals surface area contributed by atoms with Crippen LogP contribution in [0, 0.1) is 0 Å². The number of carbonyl (C=O) groups is 2. The third kappa shape index (κ3) is 3.05. The van der Waals surface area contributed by atoms with E-state index < -0.39 is 0 Å². The van der Waals surface area contributed by atoms with E-state index in [-0.39, 0.29) is 17.3 Å². The molecule has 0 saturated heterocycles. The first-order chi connectivity index (χ1) is 9.90. The molecule has 0 atom stereocenters. The van der Waals surface area contributed by atoms with E-state index in [1.54, 1.807) is 6.07 Å². The van der Waals surface area contributed by atoms with Gasteiger partial charge in [-0.3, -0.25) is 4.79 Å². The third-order valence-electron chi connectivity index (χ3n) is 2.71. The Bertz CT molecular complexity index is 886. The minimum absolute atomic E-state index is 0.155. The number of fused-ring (bicyclic) bond motifs is 3. The van der Waals surface area contributed by atoms with Crippen molar-refractivity contribution in [3.8, 4) is 0 Å². The van der Waals surface area contributed by atoms with Crippen LogP contribution in [0.15, 0.2) is 35.1 Å². The number of H-pyrrole nitrogens is 1. The maximum absolute atomic E-state index is 11.8. The number of benzene rings is 1. The number of aromatic amines is 1. The highest BCUT2D eigenvalue weighted by Gasteiger charge is 2.10. The largest absolute Gasteiger partial charge is 0.347 e. The quantitative estimate of drug-likeness (QED) is 0.693. The van der Waals surface area contributed by atoms with Gasteiger partial charge in [0.2, 0.25) is 0 Å². The van der Waals surface area contributed by atoms with Crippen LogP contribution in [0.4, 0.5) is 0 Å². The van der Waals surface area contributed by atoms with Crippen LogP contribution in [-0.2, 0) is 4.79 Å². The van der Waals surface area contributed by atoms with Crippen LogP contribution in [0.5, 0.6) is 0 Å². The second kappa shape index (κ2) is 5.70. The molecule has 3 aromatic rings. The van der Waals surface area contributed by atoms with Crippen molar-refractivity contribution in [3.63, 3.8) is 0 Å². The zero-order valence-electron chi connectivity index (χ0n) is 12.0. The number of nitrogens with zero attached hydrogens (tertiary/aromatic N) is 2. The van der Waals surface area contributed by atoms with Crippen molar-refractivity contribution >= 4 is 28.0 Å². The van der Waals surface area contributed by atoms with E-state index in [0.29, 0.717) is 11.2 Å². The van der Waals surface area contributed by atoms with Crippen LogP contribution in [0.1, 0.15) is 31.3 Å². The second-order valence-corrected chi connectivity index (χ2v) is 4.77. The standard InChI is InChI=1S/C12H9N3O2.C3H6O/c1-7(16)10-6-11-8-4-2-3-5-9(8)13-12(17)15(11)14-10;1-3(2)4/h2-6H,1H3,(H,13,17);1-2H3. The normalized spacial score (nSPS) is 10.2. The molecule has 1 N–H and O–H groups in total. The molecular weight excluding hydrogens is 270 g/mol. The molecule has 0 aliphatic heterocycles. The predicted octanol–water partition coefficient (Wildman–Crippen LogP) is 1.97. The number of para-hydroxylation sites is 1. The minimum atomic E-state index is -0.341. The van der Waals surface area contributed by atoms with Crippen molar-refractivity contribution < 1.29 is 9.59 Å². The Morgan fingerprint density at radius 2 is 1.76 bits per heavy atom. The maximum atomic E-state index is 11.8. The number of hydrogen-bond donors (Lipinski definition) is 1. The smallest absolute Gasteiger partial charge is 0.305 e. The highest BCUT2D eigenvalue weighted by atomic mass is 16.1. The molecule has 21 heavy (non-hydrogen) atoms. The van der Waals surface area contributed by atoms with Gasteiger partial charge in [-0.15, -0.1) is 0 Å². The van der Waals surface area contributed by atoms with Crippen LogP contribution in [-0.4, -0.2) is 26.2 Å². The molecule has 3 rings (SSSR count). The Morgan fingerprint density at radius 1 is 1.14 bits per heavy atom. The Kier molecular flexibility index (Phi) is 3.98. The van der Waals surface area contributed by atoms with Gasteiger partial charge in [0.25, 0.3) is 0 Å². The molecule has 6 heteroatoms. The Morgan fingerprint density at radius 3 is 2.38 bits per heavy atom. The summed E-state index contributed by atoms with van der Waals surface area (Å²) in [4.78, 5) is 35.2. The number of hydrogen-bond acceptors (Lipinski definition) is 4. The Labute approximate surface area is 120 Å². The predicted molar refractivity (Wildman–Crippen MR) is 79.7 cm³/mol. The number of nitrogens with one attached hydrogen (secondary N) is 1. The first-order valence-corrected chi connectivity index (χ1v) is 6.39. The summed E-state index contributed by atoms with van der Waals surface area (Å²) in [5, 5.41) is 4.85. The first-order valence-electron chi connectivity index (χ1n) is 6.39. The molecule has 0 amide bonds. The fourth-order valence-corrected chi connectivity index (χ4v) is 1.88. The lowest BCUT2D eigenvalue weighted by molar-refractivity contribution is -0.114. The third-order valence-corrected chi connectivity index (χ3v) is 2.71. The van der Waals surface area contributed by atoms with Crippen molar-refractivity contribution in [2.24, 2.45) is 0 Å². The van der Waals surface area contributed by atoms with E-state index in [2.05, 4.69) is 10.1 Å². The van der Waals surface area contributed by atoms with Crippen molar-refractivity contribution in [2.75, 3.05) is 0 Å². The molecule has 1 aromatic carbocycles. The molecule has 0 spiro atoms. The lowest BCUT2D eigenvalue weighted by Crippen LogP contribution is -2.17. The summed E-state index contributed by atoms with van der Waals surface area (Å²) in [5.74, 6) is 0.0113. The summed E-state index contributed by atoms with van der Waals surface area (Å²) in [6.07, 6.45) is 0. The van der Waals surface area contributed by atoms with Gasteiger partial charge >= 0.3 is 5.69 Å². The van der Waals surface area contributed by atoms with Gasteiger partial charge in [0.1, 0.15) is 11.5 Å². The van der Waals surface area contributed by atoms with E-state index in [9.17, 15) is 14.4 Å². The van der Waals surface area contributed by atoms with Crippen LogP contribution in [0.25, 0.3) is 16.4 Å². The van der Waals surface area contributed by atoms with Gasteiger partial charge in [-0.25, -0.2) is 4.79 Å². The molecule has 0 radical (unpaired) electrons. The van der Waals surface area contributed by atoms with Gasteiger partial charge in [0, 0.05) is 12.3 Å². The van der Waals surface area contributed by atoms with E-state index in [1.807, 2.05) is 24.3 Å². The highest BCUT2D eigenvalue weighted by Crippen LogP contribution is 2.16. The summed E-state index contributed by atoms with van der Waals surface area (Å²) >= 11 is 0. The van der Waals surface area contributed by atoms with Crippen molar-refractivity contribution in [1.82, 2.24) is 14.6 Å². The van der Waals surface area contributed by atoms with Gasteiger partial charge in [-0.05, 0) is 26.0 Å². The van der Waals surface area contributed by atoms with E-state index in [0.717, 1.165) is 10.9 Å². The SMILES string of the molecule is CC(=O)c1cc2c3ccccc3[nH]c(=O)n2n1.CC(C)=O. The van der Waals surface area contributed by atoms with E-state index in [4.69, 9.17) is 0 Å². The maximum Gasteiger partial charge on any atom is 0.347 e. The molecule has 0 saturated carbocycles. The molecule has 0 aliphatic carbocycles. The van der Waals surface area contributed by atoms with Crippen LogP contribution < -0.4 is 5.69 Å². The minimum Gasteiger partial charge on any atom is -0.305 e. The number of Topliss-reactive ketones (excluding diaryl/α,β-unsaturated/α-hetero) is 2.